The quantitative estimate of drug-likeness (QED) is 0.857. The van der Waals surface area contributed by atoms with Crippen LogP contribution < -0.4 is 10.0 Å². The normalized spacial score (nSPS) is 15.1. The number of anilines is 1. The third kappa shape index (κ3) is 3.81. The van der Waals surface area contributed by atoms with Crippen LogP contribution in [0, 0.1) is 6.92 Å². The van der Waals surface area contributed by atoms with E-state index >= 15 is 0 Å². The number of rotatable bonds is 6. The van der Waals surface area contributed by atoms with Gasteiger partial charge in [0.1, 0.15) is 0 Å². The van der Waals surface area contributed by atoms with E-state index in [-0.39, 0.29) is 0 Å². The number of hydrogen-bond donors (Lipinski definition) is 2. The first kappa shape index (κ1) is 14.5. The zero-order valence-corrected chi connectivity index (χ0v) is 13.3. The average molecular weight is 323 g/mol. The van der Waals surface area contributed by atoms with E-state index in [9.17, 15) is 8.42 Å². The summed E-state index contributed by atoms with van der Waals surface area (Å²) in [7, 11) is -3.54. The molecule has 0 aliphatic heterocycles. The first-order valence-corrected chi connectivity index (χ1v) is 9.14. The predicted molar refractivity (Wildman–Crippen MR) is 84.0 cm³/mol. The summed E-state index contributed by atoms with van der Waals surface area (Å²) in [6, 6.07) is 4.10. The van der Waals surface area contributed by atoms with Gasteiger partial charge in [-0.1, -0.05) is 0 Å². The van der Waals surface area contributed by atoms with E-state index in [1.54, 1.807) is 23.7 Å². The molecule has 7 heteroatoms. The minimum Gasteiger partial charge on any atom is -0.309 e. The Balaban J connectivity index is 1.71. The zero-order chi connectivity index (χ0) is 14.9. The maximum Gasteiger partial charge on any atom is 0.262 e. The highest BCUT2D eigenvalue weighted by Gasteiger charge is 2.21. The number of thiophene rings is 1. The van der Waals surface area contributed by atoms with Gasteiger partial charge in [-0.3, -0.25) is 9.71 Å². The minimum absolute atomic E-state index is 0.307. The van der Waals surface area contributed by atoms with Crippen molar-refractivity contribution in [3.63, 3.8) is 0 Å². The van der Waals surface area contributed by atoms with Crippen LogP contribution in [0.2, 0.25) is 0 Å². The molecule has 21 heavy (non-hydrogen) atoms. The van der Waals surface area contributed by atoms with Crippen molar-refractivity contribution in [3.8, 4) is 0 Å². The molecule has 2 aromatic rings. The number of pyridine rings is 1. The van der Waals surface area contributed by atoms with E-state index < -0.39 is 10.0 Å². The van der Waals surface area contributed by atoms with Crippen molar-refractivity contribution < 1.29 is 8.42 Å². The number of nitrogens with one attached hydrogen (secondary N) is 2. The Kier molecular flexibility index (Phi) is 3.97. The Labute approximate surface area is 128 Å². The summed E-state index contributed by atoms with van der Waals surface area (Å²) >= 11 is 1.46. The Morgan fingerprint density at radius 3 is 2.86 bits per heavy atom. The van der Waals surface area contributed by atoms with Gasteiger partial charge >= 0.3 is 0 Å². The van der Waals surface area contributed by atoms with Gasteiger partial charge in [-0.2, -0.15) is 0 Å². The SMILES string of the molecule is Cc1cncc(NS(=O)(=O)c2csc(CNC3CC3)c2)c1. The van der Waals surface area contributed by atoms with Crippen LogP contribution in [-0.4, -0.2) is 19.4 Å². The van der Waals surface area contributed by atoms with Gasteiger partial charge in [0, 0.05) is 29.0 Å². The lowest BCUT2D eigenvalue weighted by Crippen LogP contribution is -2.15. The molecule has 0 unspecified atom stereocenters. The number of hydrogen-bond acceptors (Lipinski definition) is 5. The van der Waals surface area contributed by atoms with Crippen LogP contribution in [0.4, 0.5) is 5.69 Å². The number of sulfonamides is 1. The molecule has 0 spiro atoms. The topological polar surface area (TPSA) is 71.1 Å². The highest BCUT2D eigenvalue weighted by atomic mass is 32.2. The molecule has 0 amide bonds. The second-order valence-corrected chi connectivity index (χ2v) is 7.94. The van der Waals surface area contributed by atoms with Crippen LogP contribution in [-0.2, 0) is 16.6 Å². The minimum atomic E-state index is -3.54. The van der Waals surface area contributed by atoms with Crippen LogP contribution >= 0.6 is 11.3 Å². The fourth-order valence-corrected chi connectivity index (χ4v) is 4.21. The zero-order valence-electron chi connectivity index (χ0n) is 11.7. The molecule has 1 aliphatic rings. The molecule has 2 N–H and O–H groups in total. The number of aryl methyl sites for hydroxylation is 1. The third-order valence-corrected chi connectivity index (χ3v) is 5.66. The van der Waals surface area contributed by atoms with Crippen molar-refractivity contribution in [3.05, 3.63) is 40.3 Å². The molecular formula is C14H17N3O2S2. The van der Waals surface area contributed by atoms with E-state index in [0.29, 0.717) is 16.6 Å². The van der Waals surface area contributed by atoms with E-state index in [2.05, 4.69) is 15.0 Å². The lowest BCUT2D eigenvalue weighted by Gasteiger charge is -2.06. The summed E-state index contributed by atoms with van der Waals surface area (Å²) in [6.07, 6.45) is 5.63. The molecule has 5 nitrogen and oxygen atoms in total. The summed E-state index contributed by atoms with van der Waals surface area (Å²) < 4.78 is 27.2. The fraction of sp³-hybridized carbons (Fsp3) is 0.357. The van der Waals surface area contributed by atoms with E-state index in [1.807, 2.05) is 6.92 Å². The van der Waals surface area contributed by atoms with Gasteiger partial charge < -0.3 is 5.32 Å². The molecule has 0 radical (unpaired) electrons. The van der Waals surface area contributed by atoms with Crippen LogP contribution in [0.25, 0.3) is 0 Å². The Hall–Kier alpha value is -1.44. The van der Waals surface area contributed by atoms with Crippen molar-refractivity contribution in [2.24, 2.45) is 0 Å². The Morgan fingerprint density at radius 1 is 1.33 bits per heavy atom. The molecule has 1 saturated carbocycles. The highest BCUT2D eigenvalue weighted by molar-refractivity contribution is 7.92. The Morgan fingerprint density at radius 2 is 2.14 bits per heavy atom. The largest absolute Gasteiger partial charge is 0.309 e. The molecule has 0 saturated heterocycles. The molecular weight excluding hydrogens is 306 g/mol. The first-order valence-electron chi connectivity index (χ1n) is 6.78. The molecule has 3 rings (SSSR count). The standard InChI is InChI=1S/C14H17N3O2S2/c1-10-4-12(7-15-6-10)17-21(18,19)14-5-13(20-9-14)8-16-11-2-3-11/h4-7,9,11,16-17H,2-3,8H2,1H3. The van der Waals surface area contributed by atoms with Crippen LogP contribution in [0.1, 0.15) is 23.3 Å². The van der Waals surface area contributed by atoms with Gasteiger partial charge in [-0.25, -0.2) is 8.42 Å². The van der Waals surface area contributed by atoms with Gasteiger partial charge in [0.15, 0.2) is 0 Å². The van der Waals surface area contributed by atoms with Crippen molar-refractivity contribution in [1.82, 2.24) is 10.3 Å². The lowest BCUT2D eigenvalue weighted by molar-refractivity contribution is 0.601. The lowest BCUT2D eigenvalue weighted by atomic mass is 10.3. The second-order valence-electron chi connectivity index (χ2n) is 5.26. The molecule has 2 heterocycles. The van der Waals surface area contributed by atoms with E-state index in [1.165, 1.54) is 30.4 Å². The summed E-state index contributed by atoms with van der Waals surface area (Å²) in [5.41, 5.74) is 1.40. The summed E-state index contributed by atoms with van der Waals surface area (Å²) in [5, 5.41) is 5.06. The molecule has 0 bridgehead atoms. The Bertz CT molecular complexity index is 736. The second kappa shape index (κ2) is 5.75. The van der Waals surface area contributed by atoms with Crippen molar-refractivity contribution in [1.29, 1.82) is 0 Å². The monoisotopic (exact) mass is 323 g/mol. The number of nitrogens with zero attached hydrogens (tertiary/aromatic N) is 1. The van der Waals surface area contributed by atoms with Crippen LogP contribution in [0.3, 0.4) is 0 Å². The highest BCUT2D eigenvalue weighted by Crippen LogP contribution is 2.24. The van der Waals surface area contributed by atoms with Crippen molar-refractivity contribution in [2.75, 3.05) is 4.72 Å². The van der Waals surface area contributed by atoms with Gasteiger partial charge in [-0.05, 0) is 37.5 Å². The average Bonchev–Trinajstić information content (AvgIpc) is 3.12. The van der Waals surface area contributed by atoms with Gasteiger partial charge in [0.25, 0.3) is 10.0 Å². The summed E-state index contributed by atoms with van der Waals surface area (Å²) in [4.78, 5) is 5.33. The van der Waals surface area contributed by atoms with Gasteiger partial charge in [0.05, 0.1) is 16.8 Å². The molecule has 2 aromatic heterocycles. The van der Waals surface area contributed by atoms with Crippen molar-refractivity contribution >= 4 is 27.0 Å². The van der Waals surface area contributed by atoms with E-state index in [4.69, 9.17) is 0 Å². The maximum atomic E-state index is 12.3. The van der Waals surface area contributed by atoms with Gasteiger partial charge in [0.2, 0.25) is 0 Å². The van der Waals surface area contributed by atoms with Crippen molar-refractivity contribution in [2.45, 2.75) is 37.2 Å². The smallest absolute Gasteiger partial charge is 0.262 e. The fourth-order valence-electron chi connectivity index (χ4n) is 1.95. The summed E-state index contributed by atoms with van der Waals surface area (Å²) in [5.74, 6) is 0. The van der Waals surface area contributed by atoms with E-state index in [0.717, 1.165) is 17.0 Å². The van der Waals surface area contributed by atoms with Crippen LogP contribution in [0.5, 0.6) is 0 Å². The van der Waals surface area contributed by atoms with Gasteiger partial charge in [-0.15, -0.1) is 11.3 Å². The molecule has 1 fully saturated rings. The number of aromatic nitrogens is 1. The maximum absolute atomic E-state index is 12.3. The predicted octanol–water partition coefficient (Wildman–Crippen LogP) is 2.50. The molecule has 112 valence electrons. The molecule has 0 atom stereocenters. The van der Waals surface area contributed by atoms with Crippen LogP contribution in [0.15, 0.2) is 34.8 Å². The summed E-state index contributed by atoms with van der Waals surface area (Å²) in [6.45, 7) is 2.61. The first-order chi connectivity index (χ1) is 10.0. The molecule has 0 aromatic carbocycles. The third-order valence-electron chi connectivity index (χ3n) is 3.21. The molecule has 1 aliphatic carbocycles.